The topological polar surface area (TPSA) is 88.3 Å². The first kappa shape index (κ1) is 17.8. The van der Waals surface area contributed by atoms with E-state index in [1.54, 1.807) is 19.3 Å². The Morgan fingerprint density at radius 3 is 2.48 bits per heavy atom. The molecule has 8 heteroatoms. The van der Waals surface area contributed by atoms with Crippen LogP contribution in [0.4, 0.5) is 6.01 Å². The molecule has 0 N–H and O–H groups in total. The van der Waals surface area contributed by atoms with E-state index in [-0.39, 0.29) is 11.9 Å². The Hall–Kier alpha value is -3.29. The van der Waals surface area contributed by atoms with E-state index >= 15 is 0 Å². The van der Waals surface area contributed by atoms with Crippen molar-refractivity contribution in [3.63, 3.8) is 0 Å². The zero-order valence-corrected chi connectivity index (χ0v) is 16.4. The van der Waals surface area contributed by atoms with E-state index in [1.807, 2.05) is 30.0 Å². The van der Waals surface area contributed by atoms with Crippen molar-refractivity contribution in [3.05, 3.63) is 65.6 Å². The van der Waals surface area contributed by atoms with Crippen LogP contribution >= 0.6 is 0 Å². The quantitative estimate of drug-likeness (QED) is 0.679. The van der Waals surface area contributed by atoms with Crippen LogP contribution in [-0.2, 0) is 0 Å². The van der Waals surface area contributed by atoms with Crippen molar-refractivity contribution in [1.29, 1.82) is 0 Å². The van der Waals surface area contributed by atoms with Gasteiger partial charge in [0.05, 0.1) is 11.6 Å². The van der Waals surface area contributed by atoms with Crippen molar-refractivity contribution in [2.24, 2.45) is 11.8 Å². The van der Waals surface area contributed by atoms with Gasteiger partial charge in [-0.05, 0) is 12.5 Å². The van der Waals surface area contributed by atoms with Crippen LogP contribution in [0.1, 0.15) is 33.7 Å². The Kier molecular flexibility index (Phi) is 4.26. The van der Waals surface area contributed by atoms with Gasteiger partial charge < -0.3 is 14.2 Å². The highest BCUT2D eigenvalue weighted by atomic mass is 16.4. The highest BCUT2D eigenvalue weighted by Crippen LogP contribution is 2.46. The number of amides is 1. The number of anilines is 1. The highest BCUT2D eigenvalue weighted by Gasteiger charge is 2.50. The van der Waals surface area contributed by atoms with Gasteiger partial charge >= 0.3 is 6.01 Å². The Labute approximate surface area is 168 Å². The Balaban J connectivity index is 1.46. The number of fused-ring (bicyclic) bond motifs is 1. The third-order valence-corrected chi connectivity index (χ3v) is 5.88. The summed E-state index contributed by atoms with van der Waals surface area (Å²) in [5, 5.41) is 8.13. The molecule has 3 atom stereocenters. The molecule has 3 aromatic rings. The summed E-state index contributed by atoms with van der Waals surface area (Å²) in [5.74, 6) is 1.83. The molecule has 0 aliphatic carbocycles. The van der Waals surface area contributed by atoms with E-state index in [9.17, 15) is 4.79 Å². The summed E-state index contributed by atoms with van der Waals surface area (Å²) in [7, 11) is 0. The number of benzene rings is 1. The van der Waals surface area contributed by atoms with Crippen molar-refractivity contribution in [1.82, 2.24) is 25.1 Å². The fourth-order valence-corrected chi connectivity index (χ4v) is 4.57. The zero-order valence-electron chi connectivity index (χ0n) is 16.4. The minimum atomic E-state index is -0.0200. The van der Waals surface area contributed by atoms with Crippen LogP contribution in [-0.4, -0.2) is 50.6 Å². The number of carbonyl (C=O) groups excluding carboxylic acids is 1. The van der Waals surface area contributed by atoms with E-state index in [4.69, 9.17) is 4.42 Å². The van der Waals surface area contributed by atoms with Crippen LogP contribution in [0.15, 0.2) is 47.1 Å². The van der Waals surface area contributed by atoms with E-state index in [0.717, 1.165) is 18.7 Å². The summed E-state index contributed by atoms with van der Waals surface area (Å²) in [6.45, 7) is 5.86. The van der Waals surface area contributed by atoms with Gasteiger partial charge in [0.2, 0.25) is 5.89 Å². The first-order valence-electron chi connectivity index (χ1n) is 9.80. The lowest BCUT2D eigenvalue weighted by Crippen LogP contribution is -2.36. The maximum atomic E-state index is 13.3. The molecule has 1 aromatic carbocycles. The van der Waals surface area contributed by atoms with Crippen molar-refractivity contribution in [2.45, 2.75) is 19.9 Å². The average molecular weight is 390 g/mol. The van der Waals surface area contributed by atoms with Gasteiger partial charge in [-0.15, -0.1) is 5.10 Å². The van der Waals surface area contributed by atoms with E-state index in [0.29, 0.717) is 41.7 Å². The molecule has 148 valence electrons. The monoisotopic (exact) mass is 390 g/mol. The SMILES string of the molecule is Cc1ncc(C(=O)N2C[C@@H]3CN(c4nnc(C)o4)C[C@@H]3[C@H]2c2ccccc2)cn1. The van der Waals surface area contributed by atoms with E-state index in [2.05, 4.69) is 37.2 Å². The van der Waals surface area contributed by atoms with Gasteiger partial charge in [-0.1, -0.05) is 35.4 Å². The minimum Gasteiger partial charge on any atom is -0.408 e. The normalized spacial score (nSPS) is 23.4. The molecule has 2 aliphatic rings. The molecule has 8 nitrogen and oxygen atoms in total. The minimum absolute atomic E-state index is 0.0102. The summed E-state index contributed by atoms with van der Waals surface area (Å²) < 4.78 is 5.64. The van der Waals surface area contributed by atoms with Gasteiger partial charge in [-0.3, -0.25) is 4.79 Å². The maximum Gasteiger partial charge on any atom is 0.318 e. The second-order valence-corrected chi connectivity index (χ2v) is 7.76. The third kappa shape index (κ3) is 3.14. The third-order valence-electron chi connectivity index (χ3n) is 5.88. The lowest BCUT2D eigenvalue weighted by molar-refractivity contribution is 0.0714. The summed E-state index contributed by atoms with van der Waals surface area (Å²) in [5.41, 5.74) is 1.67. The molecule has 2 aliphatic heterocycles. The second-order valence-electron chi connectivity index (χ2n) is 7.76. The van der Waals surface area contributed by atoms with Crippen LogP contribution in [0.5, 0.6) is 0 Å². The van der Waals surface area contributed by atoms with E-state index < -0.39 is 0 Å². The molecule has 4 heterocycles. The number of likely N-dealkylation sites (tertiary alicyclic amines) is 1. The molecule has 29 heavy (non-hydrogen) atoms. The van der Waals surface area contributed by atoms with Crippen molar-refractivity contribution >= 4 is 11.9 Å². The zero-order chi connectivity index (χ0) is 20.0. The standard InChI is InChI=1S/C21H22N6O2/c1-13-22-8-16(9-23-13)20(28)27-11-17-10-26(21-25-24-14(2)29-21)12-18(17)19(27)15-6-4-3-5-7-15/h3-9,17-19H,10-12H2,1-2H3/t17-,18-,19+/m0/s1. The van der Waals surface area contributed by atoms with Crippen LogP contribution in [0.2, 0.25) is 0 Å². The first-order chi connectivity index (χ1) is 14.1. The highest BCUT2D eigenvalue weighted by molar-refractivity contribution is 5.94. The van der Waals surface area contributed by atoms with Gasteiger partial charge in [-0.2, -0.15) is 0 Å². The molecule has 2 fully saturated rings. The number of rotatable bonds is 3. The summed E-state index contributed by atoms with van der Waals surface area (Å²) >= 11 is 0. The lowest BCUT2D eigenvalue weighted by atomic mass is 9.89. The molecule has 0 unspecified atom stereocenters. The maximum absolute atomic E-state index is 13.3. The van der Waals surface area contributed by atoms with Gasteiger partial charge in [0.1, 0.15) is 5.82 Å². The van der Waals surface area contributed by atoms with Gasteiger partial charge in [0.25, 0.3) is 5.91 Å². The number of aromatic nitrogens is 4. The van der Waals surface area contributed by atoms with Gasteiger partial charge in [0.15, 0.2) is 0 Å². The predicted octanol–water partition coefficient (Wildman–Crippen LogP) is 2.43. The van der Waals surface area contributed by atoms with Crippen molar-refractivity contribution in [3.8, 4) is 0 Å². The fraction of sp³-hybridized carbons (Fsp3) is 0.381. The molecule has 2 saturated heterocycles. The predicted molar refractivity (Wildman–Crippen MR) is 105 cm³/mol. The molecule has 0 spiro atoms. The second kappa shape index (κ2) is 6.95. The van der Waals surface area contributed by atoms with Crippen LogP contribution in [0.3, 0.4) is 0 Å². The van der Waals surface area contributed by atoms with Gasteiger partial charge in [-0.25, -0.2) is 9.97 Å². The molecular formula is C21H22N6O2. The number of carbonyl (C=O) groups is 1. The fourth-order valence-electron chi connectivity index (χ4n) is 4.57. The molecular weight excluding hydrogens is 368 g/mol. The van der Waals surface area contributed by atoms with Crippen molar-refractivity contribution in [2.75, 3.05) is 24.5 Å². The smallest absolute Gasteiger partial charge is 0.318 e. The average Bonchev–Trinajstić information content (AvgIpc) is 3.42. The molecule has 1 amide bonds. The number of nitrogens with zero attached hydrogens (tertiary/aromatic N) is 6. The Morgan fingerprint density at radius 2 is 1.79 bits per heavy atom. The molecule has 0 saturated carbocycles. The molecule has 5 rings (SSSR count). The van der Waals surface area contributed by atoms with Gasteiger partial charge in [0, 0.05) is 50.8 Å². The summed E-state index contributed by atoms with van der Waals surface area (Å²) in [6, 6.07) is 10.8. The molecule has 0 radical (unpaired) electrons. The van der Waals surface area contributed by atoms with E-state index in [1.165, 1.54) is 0 Å². The van der Waals surface area contributed by atoms with Crippen LogP contribution in [0, 0.1) is 25.7 Å². The summed E-state index contributed by atoms with van der Waals surface area (Å²) in [4.78, 5) is 25.8. The number of hydrogen-bond donors (Lipinski definition) is 0. The van der Waals surface area contributed by atoms with Crippen LogP contribution < -0.4 is 4.90 Å². The largest absolute Gasteiger partial charge is 0.408 e. The first-order valence-corrected chi connectivity index (χ1v) is 9.80. The lowest BCUT2D eigenvalue weighted by Gasteiger charge is -2.29. The number of hydrogen-bond acceptors (Lipinski definition) is 7. The van der Waals surface area contributed by atoms with Crippen molar-refractivity contribution < 1.29 is 9.21 Å². The Morgan fingerprint density at radius 1 is 1.03 bits per heavy atom. The van der Waals surface area contributed by atoms with Crippen LogP contribution in [0.25, 0.3) is 0 Å². The Bertz CT molecular complexity index is 1020. The molecule has 0 bridgehead atoms. The summed E-state index contributed by atoms with van der Waals surface area (Å²) in [6.07, 6.45) is 3.24. The molecule has 2 aromatic heterocycles. The number of aryl methyl sites for hydroxylation is 2.